The second-order valence-electron chi connectivity index (χ2n) is 9.06. The Morgan fingerprint density at radius 3 is 2.72 bits per heavy atom. The SMILES string of the molecule is CC(Oc1ccc2ccc(=O)oc2c1)C(=O)NC1[C@@H]2CC[C@H]1CN(Cc1cnn(C)c1)C2. The Hall–Kier alpha value is -3.13. The van der Waals surface area contributed by atoms with Crippen molar-refractivity contribution in [1.29, 1.82) is 0 Å². The molecule has 1 amide bonds. The van der Waals surface area contributed by atoms with E-state index in [-0.39, 0.29) is 11.9 Å². The number of carbonyl (C=O) groups is 1. The van der Waals surface area contributed by atoms with Crippen LogP contribution in [0.5, 0.6) is 5.75 Å². The van der Waals surface area contributed by atoms with Gasteiger partial charge in [-0.2, -0.15) is 5.10 Å². The van der Waals surface area contributed by atoms with E-state index in [0.29, 0.717) is 23.2 Å². The molecule has 1 aromatic carbocycles. The van der Waals surface area contributed by atoms with Gasteiger partial charge in [0, 0.05) is 62.0 Å². The minimum absolute atomic E-state index is 0.109. The van der Waals surface area contributed by atoms with Crippen LogP contribution in [0.25, 0.3) is 11.0 Å². The summed E-state index contributed by atoms with van der Waals surface area (Å²) in [4.78, 5) is 26.8. The molecule has 1 aliphatic carbocycles. The van der Waals surface area contributed by atoms with Gasteiger partial charge in [0.2, 0.25) is 0 Å². The van der Waals surface area contributed by atoms with Crippen LogP contribution >= 0.6 is 0 Å². The van der Waals surface area contributed by atoms with Gasteiger partial charge in [0.25, 0.3) is 5.91 Å². The molecule has 2 fully saturated rings. The maximum Gasteiger partial charge on any atom is 0.336 e. The summed E-state index contributed by atoms with van der Waals surface area (Å²) in [5.74, 6) is 1.30. The lowest BCUT2D eigenvalue weighted by atomic mass is 9.91. The van der Waals surface area contributed by atoms with E-state index in [1.54, 1.807) is 25.1 Å². The summed E-state index contributed by atoms with van der Waals surface area (Å²) in [6, 6.07) is 8.53. The van der Waals surface area contributed by atoms with Crippen LogP contribution in [0.4, 0.5) is 0 Å². The van der Waals surface area contributed by atoms with Crippen molar-refractivity contribution in [1.82, 2.24) is 20.0 Å². The lowest BCUT2D eigenvalue weighted by molar-refractivity contribution is -0.129. The highest BCUT2D eigenvalue weighted by atomic mass is 16.5. The first-order valence-corrected chi connectivity index (χ1v) is 11.2. The Morgan fingerprint density at radius 2 is 2.00 bits per heavy atom. The third-order valence-corrected chi connectivity index (χ3v) is 6.66. The molecule has 1 saturated heterocycles. The van der Waals surface area contributed by atoms with Gasteiger partial charge in [0.15, 0.2) is 6.10 Å². The van der Waals surface area contributed by atoms with Gasteiger partial charge >= 0.3 is 5.63 Å². The largest absolute Gasteiger partial charge is 0.481 e. The first-order valence-electron chi connectivity index (χ1n) is 11.2. The van der Waals surface area contributed by atoms with E-state index in [9.17, 15) is 9.59 Å². The summed E-state index contributed by atoms with van der Waals surface area (Å²) in [6.07, 6.45) is 5.62. The zero-order chi connectivity index (χ0) is 22.2. The van der Waals surface area contributed by atoms with Crippen LogP contribution < -0.4 is 15.7 Å². The summed E-state index contributed by atoms with van der Waals surface area (Å²) in [6.45, 7) is 4.61. The normalized spacial score (nSPS) is 23.9. The van der Waals surface area contributed by atoms with Crippen LogP contribution in [-0.4, -0.2) is 45.8 Å². The van der Waals surface area contributed by atoms with Crippen LogP contribution in [0.2, 0.25) is 0 Å². The Kier molecular flexibility index (Phi) is 5.46. The summed E-state index contributed by atoms with van der Waals surface area (Å²) in [5, 5.41) is 8.33. The predicted octanol–water partition coefficient (Wildman–Crippen LogP) is 2.32. The monoisotopic (exact) mass is 436 g/mol. The number of aromatic nitrogens is 2. The van der Waals surface area contributed by atoms with Gasteiger partial charge < -0.3 is 14.5 Å². The minimum atomic E-state index is -0.643. The Labute approximate surface area is 186 Å². The van der Waals surface area contributed by atoms with Crippen molar-refractivity contribution in [2.75, 3.05) is 13.1 Å². The van der Waals surface area contributed by atoms with Gasteiger partial charge in [0.05, 0.1) is 6.20 Å². The number of piperidine rings is 1. The number of aryl methyl sites for hydroxylation is 1. The lowest BCUT2D eigenvalue weighted by Gasteiger charge is -2.38. The van der Waals surface area contributed by atoms with Crippen molar-refractivity contribution in [3.05, 3.63) is 58.7 Å². The molecule has 0 radical (unpaired) electrons. The predicted molar refractivity (Wildman–Crippen MR) is 119 cm³/mol. The number of nitrogens with zero attached hydrogens (tertiary/aromatic N) is 3. The third-order valence-electron chi connectivity index (χ3n) is 6.66. The number of hydrogen-bond acceptors (Lipinski definition) is 6. The van der Waals surface area contributed by atoms with Crippen molar-refractivity contribution in [2.45, 2.75) is 38.5 Å². The number of fused-ring (bicyclic) bond motifs is 3. The molecule has 8 heteroatoms. The molecule has 3 heterocycles. The number of benzene rings is 1. The average molecular weight is 437 g/mol. The Morgan fingerprint density at radius 1 is 1.25 bits per heavy atom. The number of rotatable bonds is 6. The quantitative estimate of drug-likeness (QED) is 0.597. The molecule has 5 rings (SSSR count). The zero-order valence-corrected chi connectivity index (χ0v) is 18.4. The van der Waals surface area contributed by atoms with Crippen molar-refractivity contribution < 1.29 is 13.9 Å². The van der Waals surface area contributed by atoms with E-state index in [0.717, 1.165) is 37.9 Å². The van der Waals surface area contributed by atoms with Crippen LogP contribution in [0.1, 0.15) is 25.3 Å². The van der Waals surface area contributed by atoms with Crippen LogP contribution in [-0.2, 0) is 18.4 Å². The number of likely N-dealkylation sites (tertiary alicyclic amines) is 1. The van der Waals surface area contributed by atoms with Gasteiger partial charge in [-0.25, -0.2) is 4.79 Å². The van der Waals surface area contributed by atoms with E-state index in [1.807, 2.05) is 24.0 Å². The molecule has 1 aliphatic heterocycles. The number of hydrogen-bond donors (Lipinski definition) is 1. The van der Waals surface area contributed by atoms with Crippen molar-refractivity contribution >= 4 is 16.9 Å². The lowest BCUT2D eigenvalue weighted by Crippen LogP contribution is -2.54. The summed E-state index contributed by atoms with van der Waals surface area (Å²) in [5.41, 5.74) is 1.26. The highest BCUT2D eigenvalue weighted by molar-refractivity contribution is 5.82. The molecule has 8 nitrogen and oxygen atoms in total. The van der Waals surface area contributed by atoms with Gasteiger partial charge in [-0.15, -0.1) is 0 Å². The standard InChI is InChI=1S/C24H28N4O4/c1-15(31-20-7-5-17-6-8-22(29)32-21(17)9-20)24(30)26-23-18-3-4-19(23)14-28(13-18)12-16-10-25-27(2)11-16/h5-11,15,18-19,23H,3-4,12-14H2,1-2H3,(H,26,30)/t15?,18-,19+,23?. The molecule has 0 spiro atoms. The van der Waals surface area contributed by atoms with E-state index in [4.69, 9.17) is 9.15 Å². The smallest absolute Gasteiger partial charge is 0.336 e. The van der Waals surface area contributed by atoms with Gasteiger partial charge in [0.1, 0.15) is 11.3 Å². The maximum atomic E-state index is 12.9. The number of amides is 1. The molecule has 4 atom stereocenters. The van der Waals surface area contributed by atoms with Crippen molar-refractivity contribution in [3.8, 4) is 5.75 Å². The first kappa shape index (κ1) is 20.8. The van der Waals surface area contributed by atoms with Gasteiger partial charge in [-0.3, -0.25) is 14.4 Å². The molecular formula is C24H28N4O4. The topological polar surface area (TPSA) is 89.6 Å². The number of ether oxygens (including phenoxy) is 1. The third kappa shape index (κ3) is 4.27. The maximum absolute atomic E-state index is 12.9. The second-order valence-corrected chi connectivity index (χ2v) is 9.06. The van der Waals surface area contributed by atoms with Crippen molar-refractivity contribution in [2.24, 2.45) is 18.9 Å². The van der Waals surface area contributed by atoms with Crippen LogP contribution in [0, 0.1) is 11.8 Å². The molecule has 3 aromatic rings. The molecule has 2 aromatic heterocycles. The highest BCUT2D eigenvalue weighted by Gasteiger charge is 2.43. The summed E-state index contributed by atoms with van der Waals surface area (Å²) < 4.78 is 12.9. The molecule has 168 valence electrons. The molecule has 2 aliphatic rings. The van der Waals surface area contributed by atoms with Gasteiger partial charge in [-0.05, 0) is 49.8 Å². The zero-order valence-electron chi connectivity index (χ0n) is 18.4. The number of nitrogens with one attached hydrogen (secondary N) is 1. The average Bonchev–Trinajstić information content (AvgIpc) is 3.26. The Bertz CT molecular complexity index is 1170. The van der Waals surface area contributed by atoms with E-state index < -0.39 is 11.7 Å². The molecule has 32 heavy (non-hydrogen) atoms. The fourth-order valence-electron chi connectivity index (χ4n) is 5.15. The van der Waals surface area contributed by atoms with E-state index in [2.05, 4.69) is 21.5 Å². The number of carbonyl (C=O) groups excluding carboxylic acids is 1. The molecule has 2 unspecified atom stereocenters. The highest BCUT2D eigenvalue weighted by Crippen LogP contribution is 2.37. The summed E-state index contributed by atoms with van der Waals surface area (Å²) in [7, 11) is 1.94. The van der Waals surface area contributed by atoms with Crippen LogP contribution in [0.15, 0.2) is 51.9 Å². The van der Waals surface area contributed by atoms with Crippen molar-refractivity contribution in [3.63, 3.8) is 0 Å². The molecule has 1 saturated carbocycles. The fraction of sp³-hybridized carbons (Fsp3) is 0.458. The molecule has 2 bridgehead atoms. The summed E-state index contributed by atoms with van der Waals surface area (Å²) >= 11 is 0. The Balaban J connectivity index is 1.19. The van der Waals surface area contributed by atoms with E-state index >= 15 is 0 Å². The van der Waals surface area contributed by atoms with E-state index in [1.165, 1.54) is 11.6 Å². The second kappa shape index (κ2) is 8.43. The minimum Gasteiger partial charge on any atom is -0.481 e. The fourth-order valence-corrected chi connectivity index (χ4v) is 5.15. The van der Waals surface area contributed by atoms with Crippen LogP contribution in [0.3, 0.4) is 0 Å². The molecular weight excluding hydrogens is 408 g/mol. The first-order chi connectivity index (χ1) is 15.4. The molecule has 1 N–H and O–H groups in total. The van der Waals surface area contributed by atoms with Gasteiger partial charge in [-0.1, -0.05) is 0 Å².